The first-order valence-corrected chi connectivity index (χ1v) is 4.19. The normalized spacial score (nSPS) is 9.69. The standard InChI is InChI=1S/C10H9ClN.HI/c1-12-7-9-5-3-2-4-8(9)6-10(12)11;/h2-7H,1H3;1H/q+1;/p-1. The first-order valence-electron chi connectivity index (χ1n) is 3.81. The monoisotopic (exact) mass is 305 g/mol. The maximum atomic E-state index is 5.95. The van der Waals surface area contributed by atoms with Gasteiger partial charge >= 0.3 is 0 Å². The molecular formula is C10H9ClIN. The number of nitrogens with zero attached hydrogens (tertiary/aromatic N) is 1. The fraction of sp³-hybridized carbons (Fsp3) is 0.100. The maximum Gasteiger partial charge on any atom is 0.275 e. The van der Waals surface area contributed by atoms with Gasteiger partial charge in [0.25, 0.3) is 5.15 Å². The Morgan fingerprint density at radius 1 is 1.15 bits per heavy atom. The number of halogens is 2. The van der Waals surface area contributed by atoms with E-state index in [4.69, 9.17) is 11.6 Å². The van der Waals surface area contributed by atoms with Crippen LogP contribution >= 0.6 is 11.6 Å². The summed E-state index contributed by atoms with van der Waals surface area (Å²) in [5, 5.41) is 3.15. The molecule has 0 bridgehead atoms. The van der Waals surface area contributed by atoms with E-state index in [0.29, 0.717) is 0 Å². The minimum atomic E-state index is 0. The lowest BCUT2D eigenvalue weighted by molar-refractivity contribution is -0.667. The molecular weight excluding hydrogens is 296 g/mol. The summed E-state index contributed by atoms with van der Waals surface area (Å²) in [5.41, 5.74) is 0. The topological polar surface area (TPSA) is 3.88 Å². The van der Waals surface area contributed by atoms with E-state index in [2.05, 4.69) is 12.1 Å². The minimum Gasteiger partial charge on any atom is -1.00 e. The quantitative estimate of drug-likeness (QED) is 0.345. The summed E-state index contributed by atoms with van der Waals surface area (Å²) in [5.74, 6) is 0. The molecule has 1 aromatic carbocycles. The molecule has 0 spiro atoms. The van der Waals surface area contributed by atoms with Crippen molar-refractivity contribution in [1.82, 2.24) is 0 Å². The number of rotatable bonds is 0. The van der Waals surface area contributed by atoms with Gasteiger partial charge in [-0.3, -0.25) is 0 Å². The van der Waals surface area contributed by atoms with E-state index in [0.717, 1.165) is 5.15 Å². The van der Waals surface area contributed by atoms with Crippen LogP contribution in [0.2, 0.25) is 5.15 Å². The Bertz CT molecular complexity index is 388. The van der Waals surface area contributed by atoms with Crippen molar-refractivity contribution in [2.45, 2.75) is 0 Å². The van der Waals surface area contributed by atoms with Crippen molar-refractivity contribution in [3.63, 3.8) is 0 Å². The van der Waals surface area contributed by atoms with E-state index >= 15 is 0 Å². The molecule has 0 saturated carbocycles. The first kappa shape index (κ1) is 10.7. The van der Waals surface area contributed by atoms with Gasteiger partial charge in [-0.2, -0.15) is 4.57 Å². The summed E-state index contributed by atoms with van der Waals surface area (Å²) >= 11 is 5.95. The highest BCUT2D eigenvalue weighted by Gasteiger charge is 2.03. The fourth-order valence-electron chi connectivity index (χ4n) is 1.26. The Morgan fingerprint density at radius 2 is 1.77 bits per heavy atom. The summed E-state index contributed by atoms with van der Waals surface area (Å²) < 4.78 is 1.91. The molecule has 1 heterocycles. The number of hydrogen-bond donors (Lipinski definition) is 0. The van der Waals surface area contributed by atoms with Crippen LogP contribution in [-0.2, 0) is 7.05 Å². The molecule has 0 unspecified atom stereocenters. The predicted octanol–water partition coefficient (Wildman–Crippen LogP) is -0.678. The Labute approximate surface area is 99.4 Å². The summed E-state index contributed by atoms with van der Waals surface area (Å²) in [4.78, 5) is 0. The van der Waals surface area contributed by atoms with Gasteiger partial charge in [0.2, 0.25) is 0 Å². The van der Waals surface area contributed by atoms with Gasteiger partial charge in [0.15, 0.2) is 6.20 Å². The zero-order valence-electron chi connectivity index (χ0n) is 7.17. The molecule has 0 amide bonds. The molecule has 1 nitrogen and oxygen atoms in total. The number of benzene rings is 1. The van der Waals surface area contributed by atoms with Crippen molar-refractivity contribution in [2.75, 3.05) is 0 Å². The second-order valence-corrected chi connectivity index (χ2v) is 3.22. The molecule has 0 atom stereocenters. The van der Waals surface area contributed by atoms with Gasteiger partial charge in [-0.15, -0.1) is 0 Å². The average Bonchev–Trinajstić information content (AvgIpc) is 2.07. The molecule has 68 valence electrons. The summed E-state index contributed by atoms with van der Waals surface area (Å²) in [6.07, 6.45) is 2.03. The van der Waals surface area contributed by atoms with Gasteiger partial charge in [-0.1, -0.05) is 18.2 Å². The second kappa shape index (κ2) is 4.24. The SMILES string of the molecule is C[n+]1cc2ccccc2cc1Cl.[I-]. The lowest BCUT2D eigenvalue weighted by Crippen LogP contribution is -3.00. The lowest BCUT2D eigenvalue weighted by atomic mass is 10.2. The summed E-state index contributed by atoms with van der Waals surface area (Å²) in [6.45, 7) is 0. The number of hydrogen-bond acceptors (Lipinski definition) is 0. The van der Waals surface area contributed by atoms with Crippen LogP contribution in [-0.4, -0.2) is 0 Å². The largest absolute Gasteiger partial charge is 1.00 e. The van der Waals surface area contributed by atoms with Crippen LogP contribution in [0.4, 0.5) is 0 Å². The molecule has 0 aliphatic carbocycles. The molecule has 13 heavy (non-hydrogen) atoms. The highest BCUT2D eigenvalue weighted by Crippen LogP contribution is 2.14. The molecule has 0 saturated heterocycles. The van der Waals surface area contributed by atoms with E-state index in [1.165, 1.54) is 10.8 Å². The molecule has 2 rings (SSSR count). The van der Waals surface area contributed by atoms with Crippen molar-refractivity contribution >= 4 is 22.4 Å². The number of aromatic nitrogens is 1. The van der Waals surface area contributed by atoms with Crippen molar-refractivity contribution < 1.29 is 28.5 Å². The van der Waals surface area contributed by atoms with Crippen LogP contribution in [0, 0.1) is 0 Å². The fourth-order valence-corrected chi connectivity index (χ4v) is 1.43. The molecule has 0 aliphatic heterocycles. The van der Waals surface area contributed by atoms with Crippen LogP contribution in [0.5, 0.6) is 0 Å². The lowest BCUT2D eigenvalue weighted by Gasteiger charge is -1.95. The third-order valence-electron chi connectivity index (χ3n) is 1.94. The minimum absolute atomic E-state index is 0. The third-order valence-corrected chi connectivity index (χ3v) is 2.32. The molecule has 2 aromatic rings. The third kappa shape index (κ3) is 2.11. The Morgan fingerprint density at radius 3 is 2.46 bits per heavy atom. The summed E-state index contributed by atoms with van der Waals surface area (Å²) in [6, 6.07) is 10.1. The predicted molar refractivity (Wildman–Crippen MR) is 50.1 cm³/mol. The van der Waals surface area contributed by atoms with Gasteiger partial charge in [-0.05, 0) is 23.1 Å². The molecule has 3 heteroatoms. The number of pyridine rings is 1. The average molecular weight is 306 g/mol. The van der Waals surface area contributed by atoms with Crippen molar-refractivity contribution in [1.29, 1.82) is 0 Å². The van der Waals surface area contributed by atoms with Gasteiger partial charge in [-0.25, -0.2) is 0 Å². The van der Waals surface area contributed by atoms with Crippen LogP contribution in [0.25, 0.3) is 10.8 Å². The smallest absolute Gasteiger partial charge is 0.275 e. The number of aryl methyl sites for hydroxylation is 1. The highest BCUT2D eigenvalue weighted by atomic mass is 127. The van der Waals surface area contributed by atoms with Gasteiger partial charge in [0, 0.05) is 11.5 Å². The highest BCUT2D eigenvalue weighted by molar-refractivity contribution is 6.29. The van der Waals surface area contributed by atoms with E-state index < -0.39 is 0 Å². The van der Waals surface area contributed by atoms with Crippen molar-refractivity contribution in [3.8, 4) is 0 Å². The maximum absolute atomic E-state index is 5.95. The first-order chi connectivity index (χ1) is 5.77. The van der Waals surface area contributed by atoms with E-state index in [1.54, 1.807) is 0 Å². The zero-order valence-corrected chi connectivity index (χ0v) is 10.1. The van der Waals surface area contributed by atoms with Crippen LogP contribution in [0.1, 0.15) is 0 Å². The zero-order chi connectivity index (χ0) is 8.55. The van der Waals surface area contributed by atoms with Crippen molar-refractivity contribution in [2.24, 2.45) is 7.05 Å². The van der Waals surface area contributed by atoms with E-state index in [1.807, 2.05) is 36.0 Å². The van der Waals surface area contributed by atoms with E-state index in [9.17, 15) is 0 Å². The van der Waals surface area contributed by atoms with Crippen LogP contribution < -0.4 is 28.5 Å². The van der Waals surface area contributed by atoms with Crippen molar-refractivity contribution in [3.05, 3.63) is 41.7 Å². The van der Waals surface area contributed by atoms with E-state index in [-0.39, 0.29) is 24.0 Å². The molecule has 1 aromatic heterocycles. The molecule has 0 fully saturated rings. The van der Waals surface area contributed by atoms with Gasteiger partial charge < -0.3 is 24.0 Å². The van der Waals surface area contributed by atoms with Crippen LogP contribution in [0.15, 0.2) is 36.5 Å². The Kier molecular flexibility index (Phi) is 3.50. The Balaban J connectivity index is 0.000000845. The molecule has 0 radical (unpaired) electrons. The van der Waals surface area contributed by atoms with Gasteiger partial charge in [0.05, 0.1) is 0 Å². The Hall–Kier alpha value is -0.350. The molecule has 0 aliphatic rings. The molecule has 0 N–H and O–H groups in total. The number of fused-ring (bicyclic) bond motifs is 1. The second-order valence-electron chi connectivity index (χ2n) is 2.84. The van der Waals surface area contributed by atoms with Gasteiger partial charge in [0.1, 0.15) is 7.05 Å². The van der Waals surface area contributed by atoms with Crippen LogP contribution in [0.3, 0.4) is 0 Å². The summed E-state index contributed by atoms with van der Waals surface area (Å²) in [7, 11) is 1.94.